The van der Waals surface area contributed by atoms with Crippen molar-refractivity contribution in [1.29, 1.82) is 0 Å². The van der Waals surface area contributed by atoms with Crippen LogP contribution in [0.1, 0.15) is 19.8 Å². The summed E-state index contributed by atoms with van der Waals surface area (Å²) in [5.41, 5.74) is 5.56. The molecule has 0 aliphatic carbocycles. The van der Waals surface area contributed by atoms with Crippen molar-refractivity contribution in [3.63, 3.8) is 0 Å². The van der Waals surface area contributed by atoms with E-state index in [9.17, 15) is 0 Å². The van der Waals surface area contributed by atoms with Crippen LogP contribution >= 0.6 is 0 Å². The van der Waals surface area contributed by atoms with Gasteiger partial charge in [-0.3, -0.25) is 0 Å². The van der Waals surface area contributed by atoms with Gasteiger partial charge in [-0.2, -0.15) is 0 Å². The van der Waals surface area contributed by atoms with Crippen molar-refractivity contribution in [3.8, 4) is 0 Å². The molecule has 0 radical (unpaired) electrons. The quantitative estimate of drug-likeness (QED) is 0.606. The van der Waals surface area contributed by atoms with Crippen LogP contribution in [-0.2, 0) is 0 Å². The van der Waals surface area contributed by atoms with Gasteiger partial charge in [-0.1, -0.05) is 0 Å². The molecule has 9 heavy (non-hydrogen) atoms. The first-order valence-corrected chi connectivity index (χ1v) is 3.53. The smallest absolute Gasteiger partial charge is 0.00109 e. The van der Waals surface area contributed by atoms with Crippen LogP contribution in [0.25, 0.3) is 0 Å². The molecule has 0 aliphatic rings. The summed E-state index contributed by atoms with van der Waals surface area (Å²) in [4.78, 5) is 2.18. The third kappa shape index (κ3) is 7.92. The predicted molar refractivity (Wildman–Crippen MR) is 41.4 cm³/mol. The Morgan fingerprint density at radius 1 is 1.44 bits per heavy atom. The third-order valence-electron chi connectivity index (χ3n) is 1.26. The van der Waals surface area contributed by atoms with Gasteiger partial charge < -0.3 is 10.6 Å². The van der Waals surface area contributed by atoms with Crippen molar-refractivity contribution in [2.24, 2.45) is 5.73 Å². The molecule has 0 saturated heterocycles. The molecule has 0 rings (SSSR count). The number of rotatable bonds is 4. The Bertz CT molecular complexity index is 51.9. The lowest BCUT2D eigenvalue weighted by Crippen LogP contribution is -2.19. The van der Waals surface area contributed by atoms with Gasteiger partial charge >= 0.3 is 0 Å². The van der Waals surface area contributed by atoms with Crippen molar-refractivity contribution >= 4 is 0 Å². The second-order valence-electron chi connectivity index (χ2n) is 2.92. The highest BCUT2D eigenvalue weighted by molar-refractivity contribution is 4.53. The minimum atomic E-state index is 0.366. The second-order valence-corrected chi connectivity index (χ2v) is 2.92. The molecule has 0 aromatic rings. The fraction of sp³-hybridized carbons (Fsp3) is 1.00. The lowest BCUT2D eigenvalue weighted by atomic mass is 10.2. The van der Waals surface area contributed by atoms with Crippen LogP contribution in [0.15, 0.2) is 0 Å². The molecule has 0 amide bonds. The molecule has 0 spiro atoms. The van der Waals surface area contributed by atoms with Crippen molar-refractivity contribution in [3.05, 3.63) is 0 Å². The first-order valence-electron chi connectivity index (χ1n) is 3.53. The van der Waals surface area contributed by atoms with Gasteiger partial charge in [-0.15, -0.1) is 0 Å². The summed E-state index contributed by atoms with van der Waals surface area (Å²) in [5, 5.41) is 0. The van der Waals surface area contributed by atoms with Gasteiger partial charge in [-0.05, 0) is 40.4 Å². The Kier molecular flexibility index (Phi) is 4.72. The van der Waals surface area contributed by atoms with E-state index >= 15 is 0 Å². The highest BCUT2D eigenvalue weighted by Gasteiger charge is 1.93. The molecule has 0 aromatic carbocycles. The minimum absolute atomic E-state index is 0.366. The summed E-state index contributed by atoms with van der Waals surface area (Å²) in [5.74, 6) is 0. The van der Waals surface area contributed by atoms with Gasteiger partial charge in [-0.25, -0.2) is 0 Å². The van der Waals surface area contributed by atoms with E-state index in [0.29, 0.717) is 6.04 Å². The Labute approximate surface area is 58.0 Å². The summed E-state index contributed by atoms with van der Waals surface area (Å²) in [6.07, 6.45) is 2.35. The fourth-order valence-electron chi connectivity index (χ4n) is 0.729. The lowest BCUT2D eigenvalue weighted by Gasteiger charge is -2.09. The van der Waals surface area contributed by atoms with Crippen LogP contribution in [0, 0.1) is 0 Å². The monoisotopic (exact) mass is 130 g/mol. The highest BCUT2D eigenvalue weighted by Crippen LogP contribution is 1.93. The molecule has 0 bridgehead atoms. The van der Waals surface area contributed by atoms with Crippen LogP contribution in [0.5, 0.6) is 0 Å². The summed E-state index contributed by atoms with van der Waals surface area (Å²) in [6.45, 7) is 3.21. The molecule has 2 nitrogen and oxygen atoms in total. The SMILES string of the molecule is C[C@H](N)CCCN(C)C. The number of hydrogen-bond donors (Lipinski definition) is 1. The maximum atomic E-state index is 5.56. The zero-order chi connectivity index (χ0) is 7.28. The van der Waals surface area contributed by atoms with E-state index < -0.39 is 0 Å². The molecular formula is C7H18N2. The van der Waals surface area contributed by atoms with E-state index in [1.165, 1.54) is 6.42 Å². The molecule has 2 heteroatoms. The molecule has 1 atom stereocenters. The molecule has 0 aromatic heterocycles. The van der Waals surface area contributed by atoms with Crippen LogP contribution in [0.3, 0.4) is 0 Å². The fourth-order valence-corrected chi connectivity index (χ4v) is 0.729. The van der Waals surface area contributed by atoms with Crippen molar-refractivity contribution in [2.75, 3.05) is 20.6 Å². The Balaban J connectivity index is 2.91. The molecule has 0 unspecified atom stereocenters. The van der Waals surface area contributed by atoms with E-state index in [4.69, 9.17) is 5.73 Å². The zero-order valence-corrected chi connectivity index (χ0v) is 6.72. The molecule has 56 valence electrons. The van der Waals surface area contributed by atoms with Gasteiger partial charge in [0.05, 0.1) is 0 Å². The minimum Gasteiger partial charge on any atom is -0.328 e. The lowest BCUT2D eigenvalue weighted by molar-refractivity contribution is 0.387. The van der Waals surface area contributed by atoms with E-state index in [1.54, 1.807) is 0 Å². The summed E-state index contributed by atoms with van der Waals surface area (Å²) >= 11 is 0. The normalized spacial score (nSPS) is 14.3. The van der Waals surface area contributed by atoms with Crippen molar-refractivity contribution in [1.82, 2.24) is 4.90 Å². The Morgan fingerprint density at radius 2 is 2.00 bits per heavy atom. The van der Waals surface area contributed by atoms with Gasteiger partial charge in [0, 0.05) is 6.04 Å². The van der Waals surface area contributed by atoms with Gasteiger partial charge in [0.15, 0.2) is 0 Å². The van der Waals surface area contributed by atoms with Crippen LogP contribution in [0.2, 0.25) is 0 Å². The summed E-state index contributed by atoms with van der Waals surface area (Å²) < 4.78 is 0. The third-order valence-corrected chi connectivity index (χ3v) is 1.26. The van der Waals surface area contributed by atoms with Gasteiger partial charge in [0.25, 0.3) is 0 Å². The molecular weight excluding hydrogens is 112 g/mol. The maximum Gasteiger partial charge on any atom is 0.00109 e. The van der Waals surface area contributed by atoms with E-state index in [1.807, 2.05) is 0 Å². The maximum absolute atomic E-state index is 5.56. The molecule has 0 aliphatic heterocycles. The number of hydrogen-bond acceptors (Lipinski definition) is 2. The highest BCUT2D eigenvalue weighted by atomic mass is 15.0. The van der Waals surface area contributed by atoms with Gasteiger partial charge in [0.2, 0.25) is 0 Å². The van der Waals surface area contributed by atoms with E-state index in [2.05, 4.69) is 25.9 Å². The molecule has 0 heterocycles. The molecule has 0 saturated carbocycles. The first kappa shape index (κ1) is 8.92. The Morgan fingerprint density at radius 3 is 2.33 bits per heavy atom. The standard InChI is InChI=1S/C7H18N2/c1-7(8)5-4-6-9(2)3/h7H,4-6,8H2,1-3H3/t7-/m0/s1. The topological polar surface area (TPSA) is 29.3 Å². The summed E-state index contributed by atoms with van der Waals surface area (Å²) in [7, 11) is 4.17. The van der Waals surface area contributed by atoms with Crippen LogP contribution in [0.4, 0.5) is 0 Å². The average Bonchev–Trinajstić information content (AvgIpc) is 1.63. The van der Waals surface area contributed by atoms with Crippen molar-refractivity contribution in [2.45, 2.75) is 25.8 Å². The van der Waals surface area contributed by atoms with Crippen LogP contribution < -0.4 is 5.73 Å². The largest absolute Gasteiger partial charge is 0.328 e. The predicted octanol–water partition coefficient (Wildman–Crippen LogP) is 0.675. The van der Waals surface area contributed by atoms with Gasteiger partial charge in [0.1, 0.15) is 0 Å². The first-order chi connectivity index (χ1) is 4.13. The van der Waals surface area contributed by atoms with E-state index in [0.717, 1.165) is 13.0 Å². The Hall–Kier alpha value is -0.0800. The average molecular weight is 130 g/mol. The van der Waals surface area contributed by atoms with Crippen molar-refractivity contribution < 1.29 is 0 Å². The molecule has 0 fully saturated rings. The molecule has 2 N–H and O–H groups in total. The summed E-state index contributed by atoms with van der Waals surface area (Å²) in [6, 6.07) is 0.366. The number of nitrogens with zero attached hydrogens (tertiary/aromatic N) is 1. The van der Waals surface area contributed by atoms with E-state index in [-0.39, 0.29) is 0 Å². The second kappa shape index (κ2) is 4.77. The van der Waals surface area contributed by atoms with Crippen LogP contribution in [-0.4, -0.2) is 31.6 Å². The zero-order valence-electron chi connectivity index (χ0n) is 6.72. The number of nitrogens with two attached hydrogens (primary N) is 1.